The number of carbonyl (C=O) groups excluding carboxylic acids is 6. The minimum atomic E-state index is -1.14. The van der Waals surface area contributed by atoms with Crippen LogP contribution in [0.15, 0.2) is 35.3 Å². The first kappa shape index (κ1) is 41.8. The molecular weight excluding hydrogens is 640 g/mol. The van der Waals surface area contributed by atoms with Gasteiger partial charge >= 0.3 is 0 Å². The fourth-order valence-electron chi connectivity index (χ4n) is 4.58. The summed E-state index contributed by atoms with van der Waals surface area (Å²) >= 11 is 1.44. The average molecular weight is 693 g/mol. The Bertz CT molecular complexity index is 1200. The molecule has 1 rings (SSSR count). The smallest absolute Gasteiger partial charge is 0.243 e. The van der Waals surface area contributed by atoms with Crippen molar-refractivity contribution in [3.05, 3.63) is 35.9 Å². The summed E-state index contributed by atoms with van der Waals surface area (Å²) in [7, 11) is 0. The Morgan fingerprint density at radius 3 is 1.90 bits per heavy atom. The number of aldehydes is 1. The molecule has 0 saturated heterocycles. The van der Waals surface area contributed by atoms with Crippen LogP contribution in [-0.2, 0) is 35.2 Å². The summed E-state index contributed by atoms with van der Waals surface area (Å²) in [5.41, 5.74) is 28.7. The molecule has 5 amide bonds. The zero-order valence-electron chi connectivity index (χ0n) is 27.5. The third-order valence-corrected chi connectivity index (χ3v) is 7.87. The van der Waals surface area contributed by atoms with Crippen molar-refractivity contribution >= 4 is 53.5 Å². The molecular formula is C31H52N10O6S. The molecule has 0 aliphatic heterocycles. The van der Waals surface area contributed by atoms with E-state index in [1.54, 1.807) is 0 Å². The summed E-state index contributed by atoms with van der Waals surface area (Å²) in [6.45, 7) is 0.558. The zero-order chi connectivity index (χ0) is 35.9. The summed E-state index contributed by atoms with van der Waals surface area (Å²) in [6.07, 6.45) is 4.44. The van der Waals surface area contributed by atoms with Crippen LogP contribution >= 0.6 is 11.8 Å². The molecule has 0 spiro atoms. The van der Waals surface area contributed by atoms with Crippen molar-refractivity contribution < 1.29 is 28.8 Å². The maximum atomic E-state index is 13.6. The van der Waals surface area contributed by atoms with E-state index in [2.05, 4.69) is 26.3 Å². The molecule has 268 valence electrons. The highest BCUT2D eigenvalue weighted by Crippen LogP contribution is 2.09. The Morgan fingerprint density at radius 2 is 1.35 bits per heavy atom. The number of rotatable bonds is 25. The van der Waals surface area contributed by atoms with Crippen LogP contribution in [0.2, 0.25) is 0 Å². The van der Waals surface area contributed by atoms with E-state index >= 15 is 0 Å². The molecule has 17 heteroatoms. The first-order valence-corrected chi connectivity index (χ1v) is 17.3. The van der Waals surface area contributed by atoms with Gasteiger partial charge in [-0.05, 0) is 75.5 Å². The number of hydrogen-bond donors (Lipinski definition) is 9. The predicted molar refractivity (Wildman–Crippen MR) is 186 cm³/mol. The van der Waals surface area contributed by atoms with Gasteiger partial charge in [-0.3, -0.25) is 29.0 Å². The molecule has 0 aromatic heterocycles. The Balaban J connectivity index is 3.16. The highest BCUT2D eigenvalue weighted by atomic mass is 32.2. The minimum Gasteiger partial charge on any atom is -0.370 e. The number of amides is 5. The lowest BCUT2D eigenvalue weighted by Gasteiger charge is -2.26. The second kappa shape index (κ2) is 24.0. The first-order valence-electron chi connectivity index (χ1n) is 15.9. The molecule has 0 aliphatic rings. The van der Waals surface area contributed by atoms with Gasteiger partial charge in [0.25, 0.3) is 0 Å². The third kappa shape index (κ3) is 17.6. The largest absolute Gasteiger partial charge is 0.370 e. The third-order valence-electron chi connectivity index (χ3n) is 7.23. The molecule has 5 atom stereocenters. The van der Waals surface area contributed by atoms with E-state index in [4.69, 9.17) is 28.7 Å². The molecule has 14 N–H and O–H groups in total. The minimum absolute atomic E-state index is 0.00348. The molecule has 0 unspecified atom stereocenters. The number of carbonyl (C=O) groups is 6. The Kier molecular flexibility index (Phi) is 20.9. The zero-order valence-corrected chi connectivity index (χ0v) is 28.3. The Hall–Kier alpha value is -4.22. The van der Waals surface area contributed by atoms with Gasteiger partial charge in [0.1, 0.15) is 24.4 Å². The lowest BCUT2D eigenvalue weighted by atomic mass is 10.0. The van der Waals surface area contributed by atoms with Crippen LogP contribution in [0.5, 0.6) is 0 Å². The number of nitrogens with one attached hydrogen (secondary N) is 4. The number of nitrogens with zero attached hydrogens (tertiary/aromatic N) is 1. The average Bonchev–Trinajstić information content (AvgIpc) is 3.05. The van der Waals surface area contributed by atoms with Crippen molar-refractivity contribution in [2.24, 2.45) is 33.7 Å². The van der Waals surface area contributed by atoms with Gasteiger partial charge < -0.3 is 54.7 Å². The van der Waals surface area contributed by atoms with Gasteiger partial charge in [0.05, 0.1) is 12.1 Å². The van der Waals surface area contributed by atoms with Gasteiger partial charge in [-0.25, -0.2) is 0 Å². The van der Waals surface area contributed by atoms with Gasteiger partial charge in [-0.1, -0.05) is 30.3 Å². The van der Waals surface area contributed by atoms with Crippen molar-refractivity contribution in [1.82, 2.24) is 21.3 Å². The second-order valence-corrected chi connectivity index (χ2v) is 12.2. The summed E-state index contributed by atoms with van der Waals surface area (Å²) in [5.74, 6) is -2.72. The number of aliphatic imine (C=N–C) groups is 1. The molecule has 1 aromatic rings. The number of primary amides is 1. The van der Waals surface area contributed by atoms with Gasteiger partial charge in [0.2, 0.25) is 29.5 Å². The van der Waals surface area contributed by atoms with Gasteiger partial charge in [-0.15, -0.1) is 0 Å². The molecule has 0 aliphatic carbocycles. The molecule has 0 heterocycles. The van der Waals surface area contributed by atoms with Crippen LogP contribution in [0.25, 0.3) is 0 Å². The second-order valence-electron chi connectivity index (χ2n) is 11.3. The fourth-order valence-corrected chi connectivity index (χ4v) is 5.05. The van der Waals surface area contributed by atoms with Gasteiger partial charge in [0.15, 0.2) is 5.96 Å². The summed E-state index contributed by atoms with van der Waals surface area (Å²) in [6, 6.07) is 4.08. The molecule has 16 nitrogen and oxygen atoms in total. The molecule has 48 heavy (non-hydrogen) atoms. The van der Waals surface area contributed by atoms with E-state index in [-0.39, 0.29) is 51.0 Å². The summed E-state index contributed by atoms with van der Waals surface area (Å²) in [5, 5.41) is 10.7. The number of benzene rings is 1. The van der Waals surface area contributed by atoms with Crippen LogP contribution < -0.4 is 49.9 Å². The fraction of sp³-hybridized carbons (Fsp3) is 0.581. The van der Waals surface area contributed by atoms with Crippen molar-refractivity contribution in [2.45, 2.75) is 88.0 Å². The highest BCUT2D eigenvalue weighted by molar-refractivity contribution is 7.98. The standard InChI is InChI=1S/C31H52N10O6S/c1-48-17-14-25(28(45)38-21(19-42)12-13-26(34)43)41-30(47)24(11-7-16-37-31(35)36)40-29(46)23(10-5-6-15-32)39-27(44)22(33)18-20-8-3-2-4-9-20/h2-4,8-9,19,21-25H,5-7,10-18,32-33H2,1H3,(H2,34,43)(H,38,45)(H,39,44)(H,40,46)(H,41,47)(H4,35,36,37)/t21-,22-,23-,24-,25-/m0/s1. The van der Waals surface area contributed by atoms with E-state index in [0.717, 1.165) is 5.56 Å². The highest BCUT2D eigenvalue weighted by Gasteiger charge is 2.30. The maximum absolute atomic E-state index is 13.6. The predicted octanol–water partition coefficient (Wildman–Crippen LogP) is -2.10. The summed E-state index contributed by atoms with van der Waals surface area (Å²) < 4.78 is 0. The van der Waals surface area contributed by atoms with Crippen LogP contribution in [0, 0.1) is 0 Å². The van der Waals surface area contributed by atoms with E-state index in [0.29, 0.717) is 37.8 Å². The van der Waals surface area contributed by atoms with Crippen molar-refractivity contribution in [3.63, 3.8) is 0 Å². The number of guanidine groups is 1. The normalized spacial score (nSPS) is 13.9. The van der Waals surface area contributed by atoms with Crippen LogP contribution in [-0.4, -0.2) is 97.1 Å². The molecule has 0 fully saturated rings. The van der Waals surface area contributed by atoms with Crippen LogP contribution in [0.3, 0.4) is 0 Å². The van der Waals surface area contributed by atoms with Crippen LogP contribution in [0.4, 0.5) is 0 Å². The lowest BCUT2D eigenvalue weighted by molar-refractivity contribution is -0.134. The van der Waals surface area contributed by atoms with E-state index in [9.17, 15) is 28.8 Å². The molecule has 1 aromatic carbocycles. The van der Waals surface area contributed by atoms with Gasteiger partial charge in [0, 0.05) is 13.0 Å². The van der Waals surface area contributed by atoms with E-state index < -0.39 is 59.7 Å². The SMILES string of the molecule is CSCC[C@H](NC(=O)[C@H](CCCN=C(N)N)NC(=O)[C@H](CCCCN)NC(=O)[C@@H](N)Cc1ccccc1)C(=O)N[C@H](C=O)CCC(N)=O. The van der Waals surface area contributed by atoms with Gasteiger partial charge in [-0.2, -0.15) is 11.8 Å². The van der Waals surface area contributed by atoms with E-state index in [1.165, 1.54) is 11.8 Å². The topological polar surface area (TPSA) is 293 Å². The van der Waals surface area contributed by atoms with E-state index in [1.807, 2.05) is 36.6 Å². The monoisotopic (exact) mass is 692 g/mol. The van der Waals surface area contributed by atoms with Crippen LogP contribution in [0.1, 0.15) is 56.9 Å². The Morgan fingerprint density at radius 1 is 0.792 bits per heavy atom. The number of nitrogens with two attached hydrogens (primary N) is 5. The quantitative estimate of drug-likeness (QED) is 0.0231. The lowest BCUT2D eigenvalue weighted by Crippen LogP contribution is -2.58. The van der Waals surface area contributed by atoms with Crippen molar-refractivity contribution in [1.29, 1.82) is 0 Å². The molecule has 0 radical (unpaired) electrons. The number of hydrogen-bond acceptors (Lipinski definition) is 10. The number of unbranched alkanes of at least 4 members (excludes halogenated alkanes) is 1. The maximum Gasteiger partial charge on any atom is 0.243 e. The first-order chi connectivity index (χ1) is 22.9. The number of thioether (sulfide) groups is 1. The summed E-state index contributed by atoms with van der Waals surface area (Å²) in [4.78, 5) is 80.0. The molecule has 0 bridgehead atoms. The van der Waals surface area contributed by atoms with Crippen molar-refractivity contribution in [2.75, 3.05) is 25.1 Å². The van der Waals surface area contributed by atoms with Crippen molar-refractivity contribution in [3.8, 4) is 0 Å². The molecule has 0 saturated carbocycles. The Labute approximate surface area is 285 Å².